The smallest absolute Gasteiger partial charge is 0.251 e. The molecule has 1 fully saturated rings. The van der Waals surface area contributed by atoms with Gasteiger partial charge in [0.2, 0.25) is 5.91 Å². The first-order valence-electron chi connectivity index (χ1n) is 11.1. The summed E-state index contributed by atoms with van der Waals surface area (Å²) in [5.74, 6) is 1.10. The van der Waals surface area contributed by atoms with Crippen molar-refractivity contribution in [2.75, 3.05) is 12.3 Å². The van der Waals surface area contributed by atoms with Gasteiger partial charge in [-0.25, -0.2) is 0 Å². The fourth-order valence-electron chi connectivity index (χ4n) is 3.77. The van der Waals surface area contributed by atoms with Gasteiger partial charge in [0.25, 0.3) is 5.91 Å². The van der Waals surface area contributed by atoms with Crippen molar-refractivity contribution < 1.29 is 9.59 Å². The average Bonchev–Trinajstić information content (AvgIpc) is 3.15. The molecule has 0 bridgehead atoms. The van der Waals surface area contributed by atoms with Gasteiger partial charge < -0.3 is 10.2 Å². The molecule has 1 saturated heterocycles. The molecule has 1 N–H and O–H groups in total. The maximum Gasteiger partial charge on any atom is 0.251 e. The SMILES string of the molecule is CCCCC(CC)CNC(=O)c1ccc(C2SCC(=O)N2Cc2ccc(Cl)cc2)cc1. The van der Waals surface area contributed by atoms with E-state index in [0.717, 1.165) is 30.5 Å². The van der Waals surface area contributed by atoms with E-state index < -0.39 is 0 Å². The van der Waals surface area contributed by atoms with Crippen molar-refractivity contribution in [3.63, 3.8) is 0 Å². The van der Waals surface area contributed by atoms with Crippen LogP contribution in [0.3, 0.4) is 0 Å². The summed E-state index contributed by atoms with van der Waals surface area (Å²) in [5.41, 5.74) is 2.75. The van der Waals surface area contributed by atoms with Gasteiger partial charge in [-0.15, -0.1) is 11.8 Å². The number of nitrogens with one attached hydrogen (secondary N) is 1. The second-order valence-corrected chi connectivity index (χ2v) is 9.56. The summed E-state index contributed by atoms with van der Waals surface area (Å²) in [5, 5.41) is 3.73. The highest BCUT2D eigenvalue weighted by atomic mass is 35.5. The second-order valence-electron chi connectivity index (χ2n) is 8.06. The number of hydrogen-bond acceptors (Lipinski definition) is 3. The fraction of sp³-hybridized carbons (Fsp3) is 0.440. The Morgan fingerprint density at radius 1 is 1.16 bits per heavy atom. The number of hydrogen-bond donors (Lipinski definition) is 1. The molecule has 0 saturated carbocycles. The zero-order chi connectivity index (χ0) is 22.2. The molecule has 6 heteroatoms. The van der Waals surface area contributed by atoms with Crippen LogP contribution < -0.4 is 5.32 Å². The van der Waals surface area contributed by atoms with Crippen molar-refractivity contribution in [1.82, 2.24) is 10.2 Å². The van der Waals surface area contributed by atoms with Crippen LogP contribution >= 0.6 is 23.4 Å². The fourth-order valence-corrected chi connectivity index (χ4v) is 5.08. The quantitative estimate of drug-likeness (QED) is 0.470. The normalized spacial score (nSPS) is 17.1. The van der Waals surface area contributed by atoms with Crippen molar-refractivity contribution >= 4 is 35.2 Å². The lowest BCUT2D eigenvalue weighted by Crippen LogP contribution is -2.29. The number of carbonyl (C=O) groups is 2. The van der Waals surface area contributed by atoms with Gasteiger partial charge in [-0.2, -0.15) is 0 Å². The minimum Gasteiger partial charge on any atom is -0.352 e. The lowest BCUT2D eigenvalue weighted by atomic mass is 9.99. The monoisotopic (exact) mass is 458 g/mol. The first-order valence-corrected chi connectivity index (χ1v) is 12.5. The number of thioether (sulfide) groups is 1. The van der Waals surface area contributed by atoms with Crippen LogP contribution in [0.1, 0.15) is 66.4 Å². The summed E-state index contributed by atoms with van der Waals surface area (Å²) in [6.45, 7) is 5.64. The number of benzene rings is 2. The summed E-state index contributed by atoms with van der Waals surface area (Å²) in [6, 6.07) is 15.3. The molecule has 166 valence electrons. The number of amides is 2. The van der Waals surface area contributed by atoms with Crippen molar-refractivity contribution in [2.24, 2.45) is 5.92 Å². The van der Waals surface area contributed by atoms with Crippen LogP contribution in [-0.4, -0.2) is 29.0 Å². The number of nitrogens with zero attached hydrogens (tertiary/aromatic N) is 1. The molecule has 2 aromatic carbocycles. The van der Waals surface area contributed by atoms with Gasteiger partial charge in [0, 0.05) is 23.7 Å². The Morgan fingerprint density at radius 2 is 1.87 bits per heavy atom. The molecule has 1 aliphatic rings. The Kier molecular flexibility index (Phi) is 8.85. The molecule has 2 amide bonds. The molecular formula is C25H31ClN2O2S. The highest BCUT2D eigenvalue weighted by Crippen LogP contribution is 2.39. The molecule has 2 atom stereocenters. The molecule has 2 unspecified atom stereocenters. The number of rotatable bonds is 10. The molecule has 0 aliphatic carbocycles. The minimum atomic E-state index is -0.0428. The number of unbranched alkanes of at least 4 members (excludes halogenated alkanes) is 1. The van der Waals surface area contributed by atoms with Crippen molar-refractivity contribution in [2.45, 2.75) is 51.4 Å². The summed E-state index contributed by atoms with van der Waals surface area (Å²) in [6.07, 6.45) is 4.62. The van der Waals surface area contributed by atoms with Crippen LogP contribution in [0.2, 0.25) is 5.02 Å². The van der Waals surface area contributed by atoms with Gasteiger partial charge in [0.15, 0.2) is 0 Å². The number of carbonyl (C=O) groups excluding carboxylic acids is 2. The third-order valence-electron chi connectivity index (χ3n) is 5.79. The van der Waals surface area contributed by atoms with Crippen LogP contribution in [0.25, 0.3) is 0 Å². The maximum absolute atomic E-state index is 12.6. The average molecular weight is 459 g/mol. The third kappa shape index (κ3) is 6.50. The van der Waals surface area contributed by atoms with Gasteiger partial charge in [0.05, 0.1) is 5.75 Å². The predicted molar refractivity (Wildman–Crippen MR) is 129 cm³/mol. The van der Waals surface area contributed by atoms with E-state index in [1.165, 1.54) is 12.8 Å². The first-order chi connectivity index (χ1) is 15.0. The zero-order valence-electron chi connectivity index (χ0n) is 18.3. The van der Waals surface area contributed by atoms with E-state index in [2.05, 4.69) is 19.2 Å². The van der Waals surface area contributed by atoms with E-state index in [1.54, 1.807) is 11.8 Å². The largest absolute Gasteiger partial charge is 0.352 e. The Hall–Kier alpha value is -1.98. The highest BCUT2D eigenvalue weighted by molar-refractivity contribution is 8.00. The first kappa shape index (κ1) is 23.7. The van der Waals surface area contributed by atoms with Crippen LogP contribution in [0.5, 0.6) is 0 Å². The van der Waals surface area contributed by atoms with Crippen LogP contribution in [0, 0.1) is 5.92 Å². The molecule has 31 heavy (non-hydrogen) atoms. The lowest BCUT2D eigenvalue weighted by Gasteiger charge is -2.24. The van der Waals surface area contributed by atoms with E-state index in [0.29, 0.717) is 28.8 Å². The molecule has 0 spiro atoms. The molecule has 1 aliphatic heterocycles. The van der Waals surface area contributed by atoms with Crippen molar-refractivity contribution in [3.8, 4) is 0 Å². The van der Waals surface area contributed by atoms with E-state index >= 15 is 0 Å². The Balaban J connectivity index is 1.62. The molecule has 1 heterocycles. The van der Waals surface area contributed by atoms with Crippen LogP contribution in [0.4, 0.5) is 0 Å². The van der Waals surface area contributed by atoms with Crippen LogP contribution in [-0.2, 0) is 11.3 Å². The summed E-state index contributed by atoms with van der Waals surface area (Å²) < 4.78 is 0. The van der Waals surface area contributed by atoms with E-state index in [1.807, 2.05) is 53.4 Å². The predicted octanol–water partition coefficient (Wildman–Crippen LogP) is 6.06. The number of halogens is 1. The summed E-state index contributed by atoms with van der Waals surface area (Å²) in [4.78, 5) is 26.9. The highest BCUT2D eigenvalue weighted by Gasteiger charge is 2.32. The summed E-state index contributed by atoms with van der Waals surface area (Å²) >= 11 is 7.60. The molecule has 2 aromatic rings. The minimum absolute atomic E-state index is 0.0327. The lowest BCUT2D eigenvalue weighted by molar-refractivity contribution is -0.128. The second kappa shape index (κ2) is 11.6. The van der Waals surface area contributed by atoms with Gasteiger partial charge >= 0.3 is 0 Å². The van der Waals surface area contributed by atoms with Gasteiger partial charge in [-0.3, -0.25) is 9.59 Å². The van der Waals surface area contributed by atoms with Gasteiger partial charge in [-0.05, 0) is 47.7 Å². The molecule has 3 rings (SSSR count). The molecular weight excluding hydrogens is 428 g/mol. The van der Waals surface area contributed by atoms with E-state index in [-0.39, 0.29) is 17.2 Å². The van der Waals surface area contributed by atoms with Gasteiger partial charge in [-0.1, -0.05) is 69.0 Å². The molecule has 4 nitrogen and oxygen atoms in total. The molecule has 0 aromatic heterocycles. The van der Waals surface area contributed by atoms with E-state index in [9.17, 15) is 9.59 Å². The van der Waals surface area contributed by atoms with Gasteiger partial charge in [0.1, 0.15) is 5.37 Å². The standard InChI is InChI=1S/C25H31ClN2O2S/c1-3-5-6-18(4-2)15-27-24(30)20-9-11-21(12-10-20)25-28(23(29)17-31-25)16-19-7-13-22(26)14-8-19/h7-14,18,25H,3-6,15-17H2,1-2H3,(H,27,30). The van der Waals surface area contributed by atoms with Crippen LogP contribution in [0.15, 0.2) is 48.5 Å². The topological polar surface area (TPSA) is 49.4 Å². The summed E-state index contributed by atoms with van der Waals surface area (Å²) in [7, 11) is 0. The van der Waals surface area contributed by atoms with Crippen molar-refractivity contribution in [3.05, 3.63) is 70.2 Å². The van der Waals surface area contributed by atoms with E-state index in [4.69, 9.17) is 11.6 Å². The third-order valence-corrected chi connectivity index (χ3v) is 7.29. The van der Waals surface area contributed by atoms with Crippen molar-refractivity contribution in [1.29, 1.82) is 0 Å². The molecule has 0 radical (unpaired) electrons. The maximum atomic E-state index is 12.6. The Labute approximate surface area is 194 Å². The Morgan fingerprint density at radius 3 is 2.52 bits per heavy atom. The zero-order valence-corrected chi connectivity index (χ0v) is 19.8. The Bertz CT molecular complexity index is 870.